The molecule has 148 valence electrons. The second kappa shape index (κ2) is 8.91. The van der Waals surface area contributed by atoms with Crippen LogP contribution in [0, 0.1) is 10.1 Å². The van der Waals surface area contributed by atoms with Gasteiger partial charge in [-0.05, 0) is 13.0 Å². The predicted molar refractivity (Wildman–Crippen MR) is 105 cm³/mol. The number of nitrogens with zero attached hydrogens (tertiary/aromatic N) is 3. The number of ether oxygens (including phenoxy) is 1. The number of hydrogen-bond donors (Lipinski definition) is 3. The van der Waals surface area contributed by atoms with E-state index in [1.54, 1.807) is 6.92 Å². The second-order valence-electron chi connectivity index (χ2n) is 5.07. The molecule has 4 N–H and O–H groups in total. The van der Waals surface area contributed by atoms with E-state index in [1.807, 2.05) is 0 Å². The van der Waals surface area contributed by atoms with E-state index >= 15 is 0 Å². The van der Waals surface area contributed by atoms with Crippen molar-refractivity contribution >= 4 is 58.3 Å². The lowest BCUT2D eigenvalue weighted by molar-refractivity contribution is -0.386. The molecule has 0 aliphatic heterocycles. The Kier molecular flexibility index (Phi) is 6.84. The first kappa shape index (κ1) is 21.5. The lowest BCUT2D eigenvalue weighted by Crippen LogP contribution is -2.20. The molecule has 28 heavy (non-hydrogen) atoms. The number of carbonyl (C=O) groups is 1. The lowest BCUT2D eigenvalue weighted by Gasteiger charge is -2.08. The number of nitro groups is 1. The number of nitrogens with one attached hydrogen (secondary N) is 1. The smallest absolute Gasteiger partial charge is 0.315 e. The minimum absolute atomic E-state index is 0.0911. The van der Waals surface area contributed by atoms with Crippen molar-refractivity contribution in [2.75, 3.05) is 12.3 Å². The van der Waals surface area contributed by atoms with Gasteiger partial charge in [0, 0.05) is 11.6 Å². The van der Waals surface area contributed by atoms with Gasteiger partial charge in [-0.2, -0.15) is 5.10 Å². The zero-order valence-corrected chi connectivity index (χ0v) is 16.3. The molecule has 0 aliphatic rings. The molecular weight excluding hydrogens is 437 g/mol. The summed E-state index contributed by atoms with van der Waals surface area (Å²) < 4.78 is 5.15. The first-order chi connectivity index (χ1) is 13.2. The maximum atomic E-state index is 12.2. The zero-order chi connectivity index (χ0) is 21.0. The number of phenols is 1. The van der Waals surface area contributed by atoms with E-state index in [1.165, 1.54) is 6.07 Å². The minimum atomic E-state index is -0.843. The van der Waals surface area contributed by atoms with Crippen LogP contribution in [0.4, 0.5) is 11.4 Å². The zero-order valence-electron chi connectivity index (χ0n) is 14.1. The van der Waals surface area contributed by atoms with Gasteiger partial charge in [-0.3, -0.25) is 14.9 Å². The van der Waals surface area contributed by atoms with Crippen molar-refractivity contribution in [1.82, 2.24) is 10.4 Å². The Hall–Kier alpha value is -2.82. The number of rotatable bonds is 6. The highest BCUT2D eigenvalue weighted by atomic mass is 35.5. The highest BCUT2D eigenvalue weighted by molar-refractivity contribution is 6.46. The average Bonchev–Trinajstić information content (AvgIpc) is 2.65. The van der Waals surface area contributed by atoms with Crippen LogP contribution in [0.15, 0.2) is 17.2 Å². The Morgan fingerprint density at radius 2 is 2.11 bits per heavy atom. The largest absolute Gasteiger partial charge is 0.500 e. The molecule has 0 spiro atoms. The Balaban J connectivity index is 2.28. The molecule has 0 atom stereocenters. The quantitative estimate of drug-likeness (QED) is 0.265. The predicted octanol–water partition coefficient (Wildman–Crippen LogP) is 3.40. The number of phenolic OH excluding ortho intramolecular Hbond substituents is 1. The number of nitrogen functional groups attached to an aromatic ring is 1. The fourth-order valence-electron chi connectivity index (χ4n) is 1.99. The Morgan fingerprint density at radius 1 is 1.43 bits per heavy atom. The highest BCUT2D eigenvalue weighted by Crippen LogP contribution is 2.37. The van der Waals surface area contributed by atoms with E-state index < -0.39 is 22.3 Å². The molecule has 13 heteroatoms. The van der Waals surface area contributed by atoms with E-state index in [0.717, 1.165) is 12.3 Å². The van der Waals surface area contributed by atoms with Gasteiger partial charge < -0.3 is 15.6 Å². The van der Waals surface area contributed by atoms with Crippen LogP contribution < -0.4 is 15.9 Å². The molecule has 1 aromatic heterocycles. The maximum absolute atomic E-state index is 12.2. The van der Waals surface area contributed by atoms with E-state index in [9.17, 15) is 20.0 Å². The molecule has 1 aromatic carbocycles. The van der Waals surface area contributed by atoms with Gasteiger partial charge in [0.1, 0.15) is 5.02 Å². The third-order valence-corrected chi connectivity index (χ3v) is 4.38. The Bertz CT molecular complexity index is 983. The molecule has 0 bridgehead atoms. The first-order valence-electron chi connectivity index (χ1n) is 7.44. The summed E-state index contributed by atoms with van der Waals surface area (Å²) >= 11 is 17.5. The number of pyridine rings is 1. The van der Waals surface area contributed by atoms with Crippen molar-refractivity contribution in [2.45, 2.75) is 6.92 Å². The number of anilines is 1. The fraction of sp³-hybridized carbons (Fsp3) is 0.133. The molecule has 1 amide bonds. The summed E-state index contributed by atoms with van der Waals surface area (Å²) in [5.41, 5.74) is 6.94. The van der Waals surface area contributed by atoms with Crippen LogP contribution in [0.1, 0.15) is 23.0 Å². The number of benzene rings is 1. The molecule has 0 fully saturated rings. The number of halogens is 3. The molecule has 0 saturated heterocycles. The van der Waals surface area contributed by atoms with E-state index in [4.69, 9.17) is 45.3 Å². The number of aromatic nitrogens is 1. The van der Waals surface area contributed by atoms with Crippen molar-refractivity contribution in [2.24, 2.45) is 5.10 Å². The molecular formula is C15H12Cl3N5O5. The van der Waals surface area contributed by atoms with Crippen molar-refractivity contribution in [3.63, 3.8) is 0 Å². The number of nitrogens with two attached hydrogens (primary N) is 1. The van der Waals surface area contributed by atoms with Crippen LogP contribution in [0.3, 0.4) is 0 Å². The van der Waals surface area contributed by atoms with Gasteiger partial charge in [-0.25, -0.2) is 10.4 Å². The topological polar surface area (TPSA) is 153 Å². The van der Waals surface area contributed by atoms with Gasteiger partial charge in [-0.1, -0.05) is 34.8 Å². The second-order valence-corrected chi connectivity index (χ2v) is 6.18. The monoisotopic (exact) mass is 447 g/mol. The van der Waals surface area contributed by atoms with E-state index in [-0.39, 0.29) is 44.5 Å². The molecule has 0 aliphatic carbocycles. The van der Waals surface area contributed by atoms with Gasteiger partial charge >= 0.3 is 5.69 Å². The third kappa shape index (κ3) is 4.53. The summed E-state index contributed by atoms with van der Waals surface area (Å²) in [6, 6.07) is 2.36. The van der Waals surface area contributed by atoms with Crippen LogP contribution in [0.5, 0.6) is 11.5 Å². The molecule has 0 unspecified atom stereocenters. The van der Waals surface area contributed by atoms with E-state index in [2.05, 4.69) is 15.5 Å². The molecule has 10 nitrogen and oxygen atoms in total. The van der Waals surface area contributed by atoms with Crippen LogP contribution in [0.2, 0.25) is 15.2 Å². The van der Waals surface area contributed by atoms with Gasteiger partial charge in [0.05, 0.1) is 28.5 Å². The summed E-state index contributed by atoms with van der Waals surface area (Å²) in [7, 11) is 0. The first-order valence-corrected chi connectivity index (χ1v) is 8.58. The van der Waals surface area contributed by atoms with E-state index in [0.29, 0.717) is 0 Å². The van der Waals surface area contributed by atoms with Crippen LogP contribution in [0.25, 0.3) is 0 Å². The summed E-state index contributed by atoms with van der Waals surface area (Å²) in [5, 5.41) is 24.0. The normalized spacial score (nSPS) is 10.9. The average molecular weight is 449 g/mol. The number of hydrogen-bond acceptors (Lipinski definition) is 8. The number of aromatic hydroxyl groups is 1. The summed E-state index contributed by atoms with van der Waals surface area (Å²) in [4.78, 5) is 26.2. The van der Waals surface area contributed by atoms with Crippen molar-refractivity contribution in [3.05, 3.63) is 48.7 Å². The summed E-state index contributed by atoms with van der Waals surface area (Å²) in [6.45, 7) is 1.82. The molecule has 1 heterocycles. The number of carbonyl (C=O) groups excluding carboxylic acids is 1. The van der Waals surface area contributed by atoms with Gasteiger partial charge in [0.15, 0.2) is 16.6 Å². The maximum Gasteiger partial charge on any atom is 0.315 e. The van der Waals surface area contributed by atoms with Gasteiger partial charge in [0.2, 0.25) is 5.75 Å². The van der Waals surface area contributed by atoms with Crippen molar-refractivity contribution < 1.29 is 19.6 Å². The van der Waals surface area contributed by atoms with Crippen LogP contribution >= 0.6 is 34.8 Å². The van der Waals surface area contributed by atoms with Gasteiger partial charge in [-0.15, -0.1) is 0 Å². The fourth-order valence-corrected chi connectivity index (χ4v) is 2.59. The number of hydrazone groups is 1. The number of nitro benzene ring substituents is 1. The highest BCUT2D eigenvalue weighted by Gasteiger charge is 2.21. The molecule has 0 radical (unpaired) electrons. The van der Waals surface area contributed by atoms with Crippen LogP contribution in [-0.4, -0.2) is 33.7 Å². The molecule has 2 aromatic rings. The van der Waals surface area contributed by atoms with Gasteiger partial charge in [0.25, 0.3) is 5.91 Å². The SMILES string of the molecule is CCOc1cc(/C=N/NC(=O)c2nc(Cl)c(Cl)c(N)c2Cl)cc([N+](=O)[O-])c1O. The lowest BCUT2D eigenvalue weighted by atomic mass is 10.2. The Labute approximate surface area is 173 Å². The molecule has 0 saturated carbocycles. The van der Waals surface area contributed by atoms with Crippen molar-refractivity contribution in [3.8, 4) is 11.5 Å². The van der Waals surface area contributed by atoms with Crippen LogP contribution in [-0.2, 0) is 0 Å². The van der Waals surface area contributed by atoms with Crippen molar-refractivity contribution in [1.29, 1.82) is 0 Å². The Morgan fingerprint density at radius 3 is 2.71 bits per heavy atom. The summed E-state index contributed by atoms with van der Waals surface area (Å²) in [6.07, 6.45) is 1.10. The third-order valence-electron chi connectivity index (χ3n) is 3.24. The number of amides is 1. The standard InChI is InChI=1S/C15H12Cl3N5O5/c1-2-28-8-4-6(3-7(13(8)24)23(26)27)5-20-22-15(25)12-9(16)11(19)10(17)14(18)21-12/h3-5,24H,2H2,1H3,(H2,19,21)(H,22,25)/b20-5+. The summed E-state index contributed by atoms with van der Waals surface area (Å²) in [5.74, 6) is -1.56. The molecule has 2 rings (SSSR count). The minimum Gasteiger partial charge on any atom is -0.500 e.